The number of hydrogen-bond donors (Lipinski definition) is 1. The monoisotopic (exact) mass is 491 g/mol. The minimum Gasteiger partial charge on any atom is -0.484 e. The third-order valence-corrected chi connectivity index (χ3v) is 7.53. The maximum atomic E-state index is 12.6. The highest BCUT2D eigenvalue weighted by molar-refractivity contribution is 7.09. The number of nitrogens with one attached hydrogen (secondary N) is 1. The van der Waals surface area contributed by atoms with Gasteiger partial charge in [-0.3, -0.25) is 9.59 Å². The molecule has 184 valence electrons. The van der Waals surface area contributed by atoms with Crippen molar-refractivity contribution in [2.45, 2.75) is 53.0 Å². The third kappa shape index (κ3) is 6.48. The minimum absolute atomic E-state index is 0.00673. The number of carbonyl (C=O) groups is 2. The van der Waals surface area contributed by atoms with E-state index < -0.39 is 0 Å². The van der Waals surface area contributed by atoms with Crippen LogP contribution in [0.15, 0.2) is 41.8 Å². The van der Waals surface area contributed by atoms with Gasteiger partial charge in [0.25, 0.3) is 11.8 Å². The number of likely N-dealkylation sites (tertiary alicyclic amines) is 1. The largest absolute Gasteiger partial charge is 0.484 e. The number of ether oxygens (including phenoxy) is 1. The van der Waals surface area contributed by atoms with Crippen LogP contribution in [0.4, 0.5) is 0 Å². The molecule has 7 heteroatoms. The highest BCUT2D eigenvalue weighted by Gasteiger charge is 2.26. The molecule has 1 N–H and O–H groups in total. The second-order valence-electron chi connectivity index (χ2n) is 9.44. The number of benzene rings is 2. The Labute approximate surface area is 211 Å². The van der Waals surface area contributed by atoms with E-state index in [0.29, 0.717) is 25.3 Å². The van der Waals surface area contributed by atoms with Gasteiger partial charge in [0.1, 0.15) is 11.4 Å². The molecule has 6 nitrogen and oxygen atoms in total. The molecule has 1 saturated heterocycles. The number of carbonyl (C=O) groups excluding carboxylic acids is 2. The van der Waals surface area contributed by atoms with Gasteiger partial charge >= 0.3 is 0 Å². The predicted molar refractivity (Wildman–Crippen MR) is 139 cm³/mol. The molecular formula is C28H33N3O3S. The lowest BCUT2D eigenvalue weighted by atomic mass is 9.97. The number of piperidine rings is 1. The summed E-state index contributed by atoms with van der Waals surface area (Å²) in [6.07, 6.45) is 1.68. The van der Waals surface area contributed by atoms with Gasteiger partial charge in [0.05, 0.1) is 5.01 Å². The highest BCUT2D eigenvalue weighted by atomic mass is 32.1. The first-order valence-corrected chi connectivity index (χ1v) is 12.9. The van der Waals surface area contributed by atoms with Crippen LogP contribution in [0.5, 0.6) is 5.75 Å². The van der Waals surface area contributed by atoms with Crippen LogP contribution in [-0.4, -0.2) is 41.4 Å². The lowest BCUT2D eigenvalue weighted by Crippen LogP contribution is -2.40. The quantitative estimate of drug-likeness (QED) is 0.500. The van der Waals surface area contributed by atoms with Gasteiger partial charge in [0, 0.05) is 30.9 Å². The number of rotatable bonds is 7. The van der Waals surface area contributed by atoms with E-state index in [2.05, 4.69) is 49.3 Å². The first-order valence-electron chi connectivity index (χ1n) is 12.1. The van der Waals surface area contributed by atoms with E-state index in [9.17, 15) is 9.59 Å². The van der Waals surface area contributed by atoms with Gasteiger partial charge in [-0.15, -0.1) is 11.3 Å². The molecule has 1 fully saturated rings. The highest BCUT2D eigenvalue weighted by Crippen LogP contribution is 2.30. The fraction of sp³-hybridized carbons (Fsp3) is 0.393. The van der Waals surface area contributed by atoms with E-state index in [0.717, 1.165) is 34.7 Å². The van der Waals surface area contributed by atoms with Crippen LogP contribution in [0.1, 0.15) is 62.1 Å². The molecule has 0 bridgehead atoms. The number of aromatic nitrogens is 1. The van der Waals surface area contributed by atoms with Crippen molar-refractivity contribution in [1.82, 2.24) is 15.2 Å². The maximum absolute atomic E-state index is 12.6. The maximum Gasteiger partial charge on any atom is 0.271 e. The van der Waals surface area contributed by atoms with Crippen LogP contribution in [-0.2, 0) is 11.3 Å². The van der Waals surface area contributed by atoms with Crippen LogP contribution in [0.3, 0.4) is 0 Å². The SMILES string of the molecule is Cc1cc(C)cc(CNC(=O)c2csc(C3CCN(C(=O)COc4ccc(C)c(C)c4)CC3)n2)c1. The molecule has 35 heavy (non-hydrogen) atoms. The number of nitrogens with zero attached hydrogens (tertiary/aromatic N) is 2. The molecular weight excluding hydrogens is 458 g/mol. The zero-order chi connectivity index (χ0) is 24.9. The van der Waals surface area contributed by atoms with Gasteiger partial charge in [-0.25, -0.2) is 4.98 Å². The average molecular weight is 492 g/mol. The lowest BCUT2D eigenvalue weighted by Gasteiger charge is -2.31. The number of thiazole rings is 1. The van der Waals surface area contributed by atoms with Gasteiger partial charge in [-0.05, 0) is 69.4 Å². The fourth-order valence-electron chi connectivity index (χ4n) is 4.44. The zero-order valence-electron chi connectivity index (χ0n) is 20.9. The van der Waals surface area contributed by atoms with Gasteiger partial charge in [0.2, 0.25) is 0 Å². The van der Waals surface area contributed by atoms with Crippen molar-refractivity contribution in [1.29, 1.82) is 0 Å². The number of hydrogen-bond acceptors (Lipinski definition) is 5. The van der Waals surface area contributed by atoms with Crippen molar-refractivity contribution in [3.63, 3.8) is 0 Å². The second-order valence-corrected chi connectivity index (χ2v) is 10.3. The summed E-state index contributed by atoms with van der Waals surface area (Å²) in [6, 6.07) is 12.2. The van der Waals surface area contributed by atoms with Crippen LogP contribution in [0, 0.1) is 27.7 Å². The molecule has 1 aromatic heterocycles. The summed E-state index contributed by atoms with van der Waals surface area (Å²) in [4.78, 5) is 31.7. The summed E-state index contributed by atoms with van der Waals surface area (Å²) in [5, 5.41) is 5.79. The minimum atomic E-state index is -0.150. The van der Waals surface area contributed by atoms with Crippen LogP contribution < -0.4 is 10.1 Å². The van der Waals surface area contributed by atoms with Crippen LogP contribution in [0.25, 0.3) is 0 Å². The van der Waals surface area contributed by atoms with Gasteiger partial charge < -0.3 is 15.0 Å². The number of aryl methyl sites for hydroxylation is 4. The Kier molecular flexibility index (Phi) is 7.86. The molecule has 0 aliphatic carbocycles. The molecule has 0 radical (unpaired) electrons. The number of amides is 2. The summed E-state index contributed by atoms with van der Waals surface area (Å²) >= 11 is 1.53. The standard InChI is InChI=1S/C28H33N3O3S/c1-18-11-19(2)13-22(12-18)15-29-27(33)25-17-35-28(30-25)23-7-9-31(10-8-23)26(32)16-34-24-6-5-20(3)21(4)14-24/h5-6,11-14,17,23H,7-10,15-16H2,1-4H3,(H,29,33). The topological polar surface area (TPSA) is 71.5 Å². The van der Waals surface area contributed by atoms with Crippen molar-refractivity contribution in [2.75, 3.05) is 19.7 Å². The van der Waals surface area contributed by atoms with E-state index in [1.165, 1.54) is 28.0 Å². The van der Waals surface area contributed by atoms with Crippen molar-refractivity contribution < 1.29 is 14.3 Å². The Balaban J connectivity index is 1.25. The van der Waals surface area contributed by atoms with Gasteiger partial charge in [-0.1, -0.05) is 35.4 Å². The smallest absolute Gasteiger partial charge is 0.271 e. The average Bonchev–Trinajstić information content (AvgIpc) is 3.33. The molecule has 1 aliphatic heterocycles. The summed E-state index contributed by atoms with van der Waals surface area (Å²) in [5.74, 6) is 0.850. The predicted octanol–water partition coefficient (Wildman–Crippen LogP) is 5.09. The first kappa shape index (κ1) is 24.9. The van der Waals surface area contributed by atoms with E-state index in [4.69, 9.17) is 4.74 Å². The molecule has 3 aromatic rings. The molecule has 4 rings (SSSR count). The van der Waals surface area contributed by atoms with Gasteiger partial charge in [0.15, 0.2) is 6.61 Å². The Morgan fingerprint density at radius 1 is 1.03 bits per heavy atom. The Bertz CT molecular complexity index is 1190. The van der Waals surface area contributed by atoms with E-state index >= 15 is 0 Å². The molecule has 2 aromatic carbocycles. The first-order chi connectivity index (χ1) is 16.8. The lowest BCUT2D eigenvalue weighted by molar-refractivity contribution is -0.134. The molecule has 0 atom stereocenters. The van der Waals surface area contributed by atoms with E-state index in [-0.39, 0.29) is 24.3 Å². The second kappa shape index (κ2) is 11.0. The van der Waals surface area contributed by atoms with Gasteiger partial charge in [-0.2, -0.15) is 0 Å². The zero-order valence-corrected chi connectivity index (χ0v) is 21.7. The van der Waals surface area contributed by atoms with Crippen molar-refractivity contribution in [2.24, 2.45) is 0 Å². The van der Waals surface area contributed by atoms with E-state index in [1.54, 1.807) is 0 Å². The van der Waals surface area contributed by atoms with Crippen LogP contribution >= 0.6 is 11.3 Å². The van der Waals surface area contributed by atoms with Crippen LogP contribution in [0.2, 0.25) is 0 Å². The third-order valence-electron chi connectivity index (χ3n) is 6.53. The molecule has 1 aliphatic rings. The Morgan fingerprint density at radius 3 is 2.43 bits per heavy atom. The Morgan fingerprint density at radius 2 is 1.74 bits per heavy atom. The summed E-state index contributed by atoms with van der Waals surface area (Å²) in [5.41, 5.74) is 6.28. The normalized spacial score (nSPS) is 14.1. The molecule has 2 heterocycles. The molecule has 2 amide bonds. The summed E-state index contributed by atoms with van der Waals surface area (Å²) in [6.45, 7) is 10.1. The molecule has 0 unspecified atom stereocenters. The van der Waals surface area contributed by atoms with Crippen molar-refractivity contribution in [3.05, 3.63) is 80.3 Å². The van der Waals surface area contributed by atoms with E-state index in [1.807, 2.05) is 35.4 Å². The fourth-order valence-corrected chi connectivity index (χ4v) is 5.41. The molecule has 0 saturated carbocycles. The Hall–Kier alpha value is -3.19. The summed E-state index contributed by atoms with van der Waals surface area (Å²) < 4.78 is 5.72. The molecule has 0 spiro atoms. The van der Waals surface area contributed by atoms with Crippen molar-refractivity contribution in [3.8, 4) is 5.75 Å². The summed E-state index contributed by atoms with van der Waals surface area (Å²) in [7, 11) is 0. The van der Waals surface area contributed by atoms with Crippen molar-refractivity contribution >= 4 is 23.2 Å².